The lowest BCUT2D eigenvalue weighted by atomic mass is 9.92. The van der Waals surface area contributed by atoms with Crippen LogP contribution in [-0.2, 0) is 14.8 Å². The van der Waals surface area contributed by atoms with Gasteiger partial charge in [-0.3, -0.25) is 0 Å². The van der Waals surface area contributed by atoms with Crippen LogP contribution in [-0.4, -0.2) is 40.0 Å². The first kappa shape index (κ1) is 13.9. The van der Waals surface area contributed by atoms with Crippen LogP contribution in [0.25, 0.3) is 0 Å². The Hall–Kier alpha value is -0.170. The molecule has 0 aromatic rings. The van der Waals surface area contributed by atoms with Gasteiger partial charge in [0.25, 0.3) is 0 Å². The van der Waals surface area contributed by atoms with E-state index >= 15 is 0 Å². The second-order valence-electron chi connectivity index (χ2n) is 4.34. The van der Waals surface area contributed by atoms with Gasteiger partial charge in [0, 0.05) is 25.8 Å². The molecule has 1 saturated carbocycles. The third-order valence-electron chi connectivity index (χ3n) is 2.91. The number of nitrogens with one attached hydrogen (secondary N) is 1. The molecule has 0 radical (unpaired) electrons. The molecule has 0 aromatic carbocycles. The van der Waals surface area contributed by atoms with Gasteiger partial charge in [0.05, 0.1) is 5.75 Å². The highest BCUT2D eigenvalue weighted by Crippen LogP contribution is 2.17. The molecule has 16 heavy (non-hydrogen) atoms. The summed E-state index contributed by atoms with van der Waals surface area (Å²) >= 11 is 0. The van der Waals surface area contributed by atoms with Crippen molar-refractivity contribution in [2.45, 2.75) is 44.2 Å². The second-order valence-corrected chi connectivity index (χ2v) is 6.21. The van der Waals surface area contributed by atoms with E-state index in [0.717, 1.165) is 25.7 Å². The number of nitrogens with two attached hydrogens (primary N) is 1. The topological polar surface area (TPSA) is 81.4 Å². The summed E-state index contributed by atoms with van der Waals surface area (Å²) in [6.45, 7) is 0.470. The summed E-state index contributed by atoms with van der Waals surface area (Å²) in [5.41, 5.74) is 5.89. The van der Waals surface area contributed by atoms with Crippen molar-refractivity contribution in [1.29, 1.82) is 0 Å². The molecule has 1 aliphatic rings. The van der Waals surface area contributed by atoms with Crippen molar-refractivity contribution in [1.82, 2.24) is 4.72 Å². The lowest BCUT2D eigenvalue weighted by molar-refractivity contribution is 0.199. The summed E-state index contributed by atoms with van der Waals surface area (Å²) in [7, 11) is -1.63. The first-order chi connectivity index (χ1) is 7.55. The van der Waals surface area contributed by atoms with E-state index in [2.05, 4.69) is 4.72 Å². The van der Waals surface area contributed by atoms with Crippen LogP contribution < -0.4 is 10.5 Å². The van der Waals surface area contributed by atoms with Crippen LogP contribution in [0.5, 0.6) is 0 Å². The highest BCUT2D eigenvalue weighted by molar-refractivity contribution is 7.89. The second kappa shape index (κ2) is 6.54. The van der Waals surface area contributed by atoms with Crippen molar-refractivity contribution in [2.75, 3.05) is 19.5 Å². The van der Waals surface area contributed by atoms with E-state index in [1.165, 1.54) is 0 Å². The van der Waals surface area contributed by atoms with E-state index in [1.54, 1.807) is 7.11 Å². The van der Waals surface area contributed by atoms with Crippen LogP contribution in [0.2, 0.25) is 0 Å². The fourth-order valence-electron chi connectivity index (χ4n) is 1.99. The average molecular weight is 250 g/mol. The summed E-state index contributed by atoms with van der Waals surface area (Å²) in [5, 5.41) is 0. The van der Waals surface area contributed by atoms with Gasteiger partial charge in [0.2, 0.25) is 10.0 Å². The van der Waals surface area contributed by atoms with Gasteiger partial charge in [-0.05, 0) is 19.3 Å². The lowest BCUT2D eigenvalue weighted by Crippen LogP contribution is -2.49. The molecule has 1 rings (SSSR count). The fourth-order valence-corrected chi connectivity index (χ4v) is 3.36. The normalized spacial score (nSPS) is 26.9. The lowest BCUT2D eigenvalue weighted by Gasteiger charge is -2.29. The number of hydrogen-bond donors (Lipinski definition) is 2. The summed E-state index contributed by atoms with van der Waals surface area (Å²) in [4.78, 5) is 0. The van der Waals surface area contributed by atoms with Gasteiger partial charge < -0.3 is 10.5 Å². The van der Waals surface area contributed by atoms with Gasteiger partial charge >= 0.3 is 0 Å². The molecule has 0 aliphatic heterocycles. The van der Waals surface area contributed by atoms with Crippen molar-refractivity contribution >= 4 is 10.0 Å². The molecular formula is C10H22N2O3S. The van der Waals surface area contributed by atoms with Gasteiger partial charge in [0.15, 0.2) is 0 Å². The molecule has 0 spiro atoms. The van der Waals surface area contributed by atoms with Gasteiger partial charge in [-0.15, -0.1) is 0 Å². The molecule has 2 atom stereocenters. The van der Waals surface area contributed by atoms with Gasteiger partial charge in [0.1, 0.15) is 0 Å². The highest BCUT2D eigenvalue weighted by atomic mass is 32.2. The van der Waals surface area contributed by atoms with Crippen molar-refractivity contribution in [3.05, 3.63) is 0 Å². The summed E-state index contributed by atoms with van der Waals surface area (Å²) in [6, 6.07) is -0.118. The van der Waals surface area contributed by atoms with Crippen LogP contribution in [0.15, 0.2) is 0 Å². The van der Waals surface area contributed by atoms with Crippen LogP contribution in [0.1, 0.15) is 32.1 Å². The van der Waals surface area contributed by atoms with Crippen LogP contribution >= 0.6 is 0 Å². The van der Waals surface area contributed by atoms with Crippen molar-refractivity contribution in [3.63, 3.8) is 0 Å². The Kier molecular flexibility index (Phi) is 5.68. The minimum absolute atomic E-state index is 0.0362. The smallest absolute Gasteiger partial charge is 0.211 e. The number of sulfonamides is 1. The van der Waals surface area contributed by atoms with E-state index < -0.39 is 10.0 Å². The number of hydrogen-bond acceptors (Lipinski definition) is 4. The van der Waals surface area contributed by atoms with Gasteiger partial charge in [-0.2, -0.15) is 0 Å². The summed E-state index contributed by atoms with van der Waals surface area (Å²) in [6.07, 6.45) is 4.44. The molecule has 0 amide bonds. The maximum Gasteiger partial charge on any atom is 0.211 e. The molecule has 0 aromatic heterocycles. The first-order valence-corrected chi connectivity index (χ1v) is 7.45. The Balaban J connectivity index is 2.38. The zero-order valence-corrected chi connectivity index (χ0v) is 10.6. The molecule has 1 fully saturated rings. The van der Waals surface area contributed by atoms with Gasteiger partial charge in [-0.1, -0.05) is 12.8 Å². The molecule has 3 N–H and O–H groups in total. The molecule has 0 saturated heterocycles. The fraction of sp³-hybridized carbons (Fsp3) is 1.00. The Bertz CT molecular complexity index is 292. The Morgan fingerprint density at radius 1 is 1.38 bits per heavy atom. The van der Waals surface area contributed by atoms with E-state index in [0.29, 0.717) is 13.0 Å². The molecule has 0 bridgehead atoms. The molecule has 5 nitrogen and oxygen atoms in total. The average Bonchev–Trinajstić information content (AvgIpc) is 2.21. The maximum absolute atomic E-state index is 11.7. The maximum atomic E-state index is 11.7. The quantitative estimate of drug-likeness (QED) is 0.660. The largest absolute Gasteiger partial charge is 0.385 e. The van der Waals surface area contributed by atoms with Crippen molar-refractivity contribution in [3.8, 4) is 0 Å². The Morgan fingerprint density at radius 3 is 2.69 bits per heavy atom. The van der Waals surface area contributed by atoms with Crippen molar-refractivity contribution in [2.24, 2.45) is 5.73 Å². The molecule has 1 aliphatic carbocycles. The third-order valence-corrected chi connectivity index (χ3v) is 4.40. The molecule has 96 valence electrons. The monoisotopic (exact) mass is 250 g/mol. The SMILES string of the molecule is COCCCS(=O)(=O)N[C@@H]1CCCC[C@H]1N. The standard InChI is InChI=1S/C10H22N2O3S/c1-15-7-4-8-16(13,14)12-10-6-3-2-5-9(10)11/h9-10,12H,2-8,11H2,1H3/t9-,10-/m1/s1. The van der Waals surface area contributed by atoms with Crippen LogP contribution in [0.3, 0.4) is 0 Å². The van der Waals surface area contributed by atoms with Crippen LogP contribution in [0.4, 0.5) is 0 Å². The summed E-state index contributed by atoms with van der Waals surface area (Å²) < 4.78 is 30.9. The Labute approximate surface area is 97.8 Å². The predicted octanol–water partition coefficient (Wildman–Crippen LogP) is 0.212. The highest BCUT2D eigenvalue weighted by Gasteiger charge is 2.25. The molecule has 6 heteroatoms. The van der Waals surface area contributed by atoms with Gasteiger partial charge in [-0.25, -0.2) is 13.1 Å². The number of rotatable bonds is 6. The Morgan fingerprint density at radius 2 is 2.06 bits per heavy atom. The predicted molar refractivity (Wildman–Crippen MR) is 63.6 cm³/mol. The summed E-state index contributed by atoms with van der Waals surface area (Å²) in [5.74, 6) is 0.115. The minimum Gasteiger partial charge on any atom is -0.385 e. The minimum atomic E-state index is -3.20. The third kappa shape index (κ3) is 4.78. The molecule has 0 heterocycles. The van der Waals surface area contributed by atoms with Crippen LogP contribution in [0, 0.1) is 0 Å². The number of ether oxygens (including phenoxy) is 1. The zero-order chi connectivity index (χ0) is 12.0. The number of methoxy groups -OCH3 is 1. The van der Waals surface area contributed by atoms with Crippen molar-refractivity contribution < 1.29 is 13.2 Å². The van der Waals surface area contributed by atoms with E-state index in [1.807, 2.05) is 0 Å². The van der Waals surface area contributed by atoms with E-state index in [4.69, 9.17) is 10.5 Å². The zero-order valence-electron chi connectivity index (χ0n) is 9.81. The van der Waals surface area contributed by atoms with E-state index in [9.17, 15) is 8.42 Å². The van der Waals surface area contributed by atoms with E-state index in [-0.39, 0.29) is 17.8 Å². The molecule has 0 unspecified atom stereocenters. The first-order valence-electron chi connectivity index (χ1n) is 5.79. The molecular weight excluding hydrogens is 228 g/mol.